The molecule has 18 nitrogen and oxygen atoms in total. The fraction of sp³-hybridized carbons (Fsp3) is 1.00. The van der Waals surface area contributed by atoms with E-state index in [1.54, 1.807) is 0 Å². The molecule has 0 unspecified atom stereocenters. The van der Waals surface area contributed by atoms with Crippen LogP contribution in [0.5, 0.6) is 0 Å². The van der Waals surface area contributed by atoms with Crippen LogP contribution >= 0.6 is 0 Å². The van der Waals surface area contributed by atoms with Gasteiger partial charge in [0.1, 0.15) is 48.8 Å². The maximum atomic E-state index is 10.5. The van der Waals surface area contributed by atoms with E-state index >= 15 is 0 Å². The maximum Gasteiger partial charge on any atom is 0.394 e. The second-order valence-electron chi connectivity index (χ2n) is 8.69. The summed E-state index contributed by atoms with van der Waals surface area (Å²) in [7, 11) is -4.67. The molecule has 0 amide bonds. The Hall–Kier alpha value is -0.690. The monoisotopic (exact) mass is 553 g/mol. The Kier molecular flexibility index (Phi) is 11.3. The first kappa shape index (κ1) is 31.5. The highest BCUT2D eigenvalue weighted by Gasteiger charge is 2.52. The SMILES string of the molecule is N[C@H]1[C@@H](O[C@H]2[C@H](O)[C@@H](O)[C@H](N)C[C@@H]2N)O[C@H](CO)[C@@H](O)[C@@H]1O[C@@H]1O[C@H](CO)[C@@H](O)[C@H]1O.O=S(=O)(O)O. The van der Waals surface area contributed by atoms with Crippen LogP contribution in [0.25, 0.3) is 0 Å². The van der Waals surface area contributed by atoms with Crippen molar-refractivity contribution in [3.8, 4) is 0 Å². The van der Waals surface area contributed by atoms with Crippen LogP contribution in [0.4, 0.5) is 0 Å². The molecule has 0 radical (unpaired) electrons. The largest absolute Gasteiger partial charge is 0.394 e. The highest BCUT2D eigenvalue weighted by atomic mass is 32.3. The summed E-state index contributed by atoms with van der Waals surface area (Å²) >= 11 is 0. The summed E-state index contributed by atoms with van der Waals surface area (Å²) < 4.78 is 53.7. The number of hydrogen-bond donors (Lipinski definition) is 12. The van der Waals surface area contributed by atoms with Crippen molar-refractivity contribution in [2.75, 3.05) is 13.2 Å². The molecule has 15 N–H and O–H groups in total. The minimum Gasteiger partial charge on any atom is -0.394 e. The first-order valence-corrected chi connectivity index (χ1v) is 12.2. The Morgan fingerprint density at radius 3 is 1.67 bits per heavy atom. The maximum absolute atomic E-state index is 10.5. The minimum absolute atomic E-state index is 0.152. The van der Waals surface area contributed by atoms with Gasteiger partial charge in [0.2, 0.25) is 0 Å². The van der Waals surface area contributed by atoms with Crippen molar-refractivity contribution in [3.05, 3.63) is 0 Å². The van der Waals surface area contributed by atoms with Gasteiger partial charge in [-0.3, -0.25) is 9.11 Å². The molecule has 3 rings (SSSR count). The molecule has 2 heterocycles. The number of aliphatic hydroxyl groups excluding tert-OH is 7. The van der Waals surface area contributed by atoms with E-state index in [9.17, 15) is 35.7 Å². The van der Waals surface area contributed by atoms with Crippen LogP contribution in [0.15, 0.2) is 0 Å². The van der Waals surface area contributed by atoms with E-state index in [4.69, 9.17) is 53.7 Å². The van der Waals surface area contributed by atoms with E-state index in [2.05, 4.69) is 0 Å². The zero-order chi connectivity index (χ0) is 27.5. The van der Waals surface area contributed by atoms with Crippen molar-refractivity contribution in [1.82, 2.24) is 0 Å². The van der Waals surface area contributed by atoms with Crippen LogP contribution in [0.3, 0.4) is 0 Å². The molecule has 2 aliphatic heterocycles. The Morgan fingerprint density at radius 2 is 1.17 bits per heavy atom. The van der Waals surface area contributed by atoms with Gasteiger partial charge in [-0.1, -0.05) is 0 Å². The average molecular weight is 554 g/mol. The van der Waals surface area contributed by atoms with Crippen LogP contribution in [0.1, 0.15) is 6.42 Å². The minimum atomic E-state index is -4.67. The molecular weight excluding hydrogens is 518 g/mol. The standard InChI is InChI=1S/C17H33N3O11.H2O4S/c18-4-1-5(19)14(12(26)9(4)23)30-16-8(20)15(11(25)7(3-22)28-16)31-17-13(27)10(24)6(2-21)29-17;1-5(2,3)4/h4-17,21-27H,1-3,18-20H2;(H2,1,2,3,4)/t4-,5+,6-,7-,8-,9+,10-,11-,12-,13-,14-,15-,16-,17+;/m1./s1. The average Bonchev–Trinajstić information content (AvgIpc) is 3.06. The van der Waals surface area contributed by atoms with Crippen molar-refractivity contribution in [1.29, 1.82) is 0 Å². The molecule has 214 valence electrons. The third-order valence-electron chi connectivity index (χ3n) is 6.07. The normalized spacial score (nSPS) is 47.8. The van der Waals surface area contributed by atoms with E-state index in [1.165, 1.54) is 0 Å². The molecule has 2 saturated heterocycles. The first-order chi connectivity index (χ1) is 16.6. The number of rotatable bonds is 6. The van der Waals surface area contributed by atoms with Crippen molar-refractivity contribution in [2.45, 2.75) is 92.1 Å². The van der Waals surface area contributed by atoms with Gasteiger partial charge in [0, 0.05) is 12.1 Å². The summed E-state index contributed by atoms with van der Waals surface area (Å²) in [6, 6.07) is -2.73. The molecule has 0 spiro atoms. The lowest BCUT2D eigenvalue weighted by Gasteiger charge is -2.47. The van der Waals surface area contributed by atoms with E-state index in [0.717, 1.165) is 0 Å². The highest BCUT2D eigenvalue weighted by molar-refractivity contribution is 7.79. The second kappa shape index (κ2) is 12.9. The van der Waals surface area contributed by atoms with E-state index in [1.807, 2.05) is 0 Å². The van der Waals surface area contributed by atoms with Crippen molar-refractivity contribution < 1.29 is 72.2 Å². The number of ether oxygens (including phenoxy) is 4. The molecular formula is C17H35N3O15S. The van der Waals surface area contributed by atoms with Gasteiger partial charge >= 0.3 is 10.4 Å². The van der Waals surface area contributed by atoms with Crippen LogP contribution in [0.2, 0.25) is 0 Å². The molecule has 19 heteroatoms. The van der Waals surface area contributed by atoms with Gasteiger partial charge in [0.05, 0.1) is 25.4 Å². The molecule has 14 atom stereocenters. The van der Waals surface area contributed by atoms with Gasteiger partial charge in [-0.05, 0) is 6.42 Å². The van der Waals surface area contributed by atoms with Gasteiger partial charge in [0.15, 0.2) is 12.6 Å². The molecule has 0 aromatic rings. The van der Waals surface area contributed by atoms with Crippen molar-refractivity contribution in [2.24, 2.45) is 17.2 Å². The first-order valence-electron chi connectivity index (χ1n) is 10.8. The third-order valence-corrected chi connectivity index (χ3v) is 6.07. The highest BCUT2D eigenvalue weighted by Crippen LogP contribution is 2.31. The predicted octanol–water partition coefficient (Wildman–Crippen LogP) is -7.27. The summed E-state index contributed by atoms with van der Waals surface area (Å²) in [5.74, 6) is 0. The Labute approximate surface area is 205 Å². The smallest absolute Gasteiger partial charge is 0.394 e. The van der Waals surface area contributed by atoms with E-state index < -0.39 is 109 Å². The molecule has 0 bridgehead atoms. The fourth-order valence-corrected chi connectivity index (χ4v) is 4.14. The fourth-order valence-electron chi connectivity index (χ4n) is 4.14. The zero-order valence-corrected chi connectivity index (χ0v) is 19.6. The predicted molar refractivity (Wildman–Crippen MR) is 114 cm³/mol. The number of nitrogens with two attached hydrogens (primary N) is 3. The van der Waals surface area contributed by atoms with Gasteiger partial charge in [-0.2, -0.15) is 8.42 Å². The molecule has 3 fully saturated rings. The summed E-state index contributed by atoms with van der Waals surface area (Å²) in [4.78, 5) is 0. The van der Waals surface area contributed by atoms with Crippen LogP contribution in [-0.4, -0.2) is 152 Å². The molecule has 1 saturated carbocycles. The van der Waals surface area contributed by atoms with E-state index in [-0.39, 0.29) is 6.42 Å². The Bertz CT molecular complexity index is 787. The zero-order valence-electron chi connectivity index (χ0n) is 18.8. The molecule has 36 heavy (non-hydrogen) atoms. The lowest BCUT2D eigenvalue weighted by Crippen LogP contribution is -2.68. The van der Waals surface area contributed by atoms with Crippen molar-refractivity contribution in [3.63, 3.8) is 0 Å². The van der Waals surface area contributed by atoms with Gasteiger partial charge < -0.3 is 71.9 Å². The lowest BCUT2D eigenvalue weighted by atomic mass is 9.84. The lowest BCUT2D eigenvalue weighted by molar-refractivity contribution is -0.317. The number of hydrogen-bond acceptors (Lipinski definition) is 16. The number of aliphatic hydroxyl groups is 7. The molecule has 3 aliphatic rings. The van der Waals surface area contributed by atoms with E-state index in [0.29, 0.717) is 0 Å². The molecule has 0 aromatic heterocycles. The Morgan fingerprint density at radius 1 is 0.694 bits per heavy atom. The summed E-state index contributed by atoms with van der Waals surface area (Å²) in [5.41, 5.74) is 17.9. The second-order valence-corrected chi connectivity index (χ2v) is 9.59. The van der Waals surface area contributed by atoms with Crippen molar-refractivity contribution >= 4 is 10.4 Å². The van der Waals surface area contributed by atoms with Crippen LogP contribution in [-0.2, 0) is 29.3 Å². The van der Waals surface area contributed by atoms with Crippen LogP contribution < -0.4 is 17.2 Å². The Balaban J connectivity index is 0.000000830. The van der Waals surface area contributed by atoms with Gasteiger partial charge in [0.25, 0.3) is 0 Å². The topological polar surface area (TPSA) is 331 Å². The quantitative estimate of drug-likeness (QED) is 0.136. The molecule has 0 aromatic carbocycles. The third kappa shape index (κ3) is 7.68. The summed E-state index contributed by atoms with van der Waals surface area (Å²) in [5, 5.41) is 69.7. The van der Waals surface area contributed by atoms with Gasteiger partial charge in [-0.15, -0.1) is 0 Å². The van der Waals surface area contributed by atoms with Crippen LogP contribution in [0, 0.1) is 0 Å². The summed E-state index contributed by atoms with van der Waals surface area (Å²) in [6.07, 6.45) is -14.5. The summed E-state index contributed by atoms with van der Waals surface area (Å²) in [6.45, 7) is -1.22. The molecule has 1 aliphatic carbocycles. The van der Waals surface area contributed by atoms with Gasteiger partial charge in [-0.25, -0.2) is 0 Å².